The Labute approximate surface area is 138 Å². The van der Waals surface area contributed by atoms with E-state index in [0.717, 1.165) is 5.56 Å². The van der Waals surface area contributed by atoms with Crippen LogP contribution in [0.25, 0.3) is 5.57 Å². The summed E-state index contributed by atoms with van der Waals surface area (Å²) in [5.41, 5.74) is -0.254. The van der Waals surface area contributed by atoms with Gasteiger partial charge in [0.1, 0.15) is 41.5 Å². The van der Waals surface area contributed by atoms with Crippen LogP contribution in [0.5, 0.6) is 0 Å². The predicted molar refractivity (Wildman–Crippen MR) is 84.4 cm³/mol. The van der Waals surface area contributed by atoms with Gasteiger partial charge in [-0.3, -0.25) is 5.41 Å². The van der Waals surface area contributed by atoms with E-state index in [0.29, 0.717) is 5.56 Å². The third-order valence-corrected chi connectivity index (χ3v) is 3.02. The molecule has 24 heavy (non-hydrogen) atoms. The van der Waals surface area contributed by atoms with Gasteiger partial charge in [0.2, 0.25) is 0 Å². The van der Waals surface area contributed by atoms with Crippen LogP contribution < -0.4 is 0 Å². The predicted octanol–water partition coefficient (Wildman–Crippen LogP) is 2.84. The van der Waals surface area contributed by atoms with E-state index in [1.54, 1.807) is 54.6 Å². The maximum Gasteiger partial charge on any atom is 0.148 e. The maximum absolute atomic E-state index is 9.42. The fourth-order valence-electron chi connectivity index (χ4n) is 1.89. The SMILES string of the molecule is Cc1ccc(/C(C(C#N)=C(C#N)C#N)=C(/C#N)C(=C=N)C#N)cc1. The van der Waals surface area contributed by atoms with E-state index < -0.39 is 11.1 Å². The highest BCUT2D eigenvalue weighted by molar-refractivity contribution is 5.94. The van der Waals surface area contributed by atoms with Crippen molar-refractivity contribution in [2.45, 2.75) is 6.92 Å². The molecule has 0 atom stereocenters. The molecule has 0 aromatic heterocycles. The molecule has 0 fully saturated rings. The van der Waals surface area contributed by atoms with E-state index in [1.165, 1.54) is 0 Å². The summed E-state index contributed by atoms with van der Waals surface area (Å²) in [5.74, 6) is 1.85. The average Bonchev–Trinajstić information content (AvgIpc) is 2.61. The zero-order chi connectivity index (χ0) is 18.1. The molecule has 1 N–H and O–H groups in total. The van der Waals surface area contributed by atoms with Crippen molar-refractivity contribution in [1.29, 1.82) is 31.7 Å². The average molecular weight is 308 g/mol. The standard InChI is InChI=1S/C18H8N6/c1-12-2-4-13(5-3-12)18(16(10-23)14(6-19)7-20)17(11-24)15(8-21)9-22/h2-5,19H,1H3/b18-16+. The van der Waals surface area contributed by atoms with Gasteiger partial charge in [-0.05, 0) is 18.4 Å². The molecular weight excluding hydrogens is 300 g/mol. The monoisotopic (exact) mass is 308 g/mol. The lowest BCUT2D eigenvalue weighted by Gasteiger charge is -2.09. The highest BCUT2D eigenvalue weighted by Gasteiger charge is 2.21. The number of rotatable bonds is 3. The van der Waals surface area contributed by atoms with Crippen LogP contribution in [0.3, 0.4) is 0 Å². The highest BCUT2D eigenvalue weighted by atomic mass is 14.4. The van der Waals surface area contributed by atoms with E-state index >= 15 is 0 Å². The molecule has 0 saturated heterocycles. The first kappa shape index (κ1) is 17.7. The molecule has 0 bridgehead atoms. The number of nitrogens with one attached hydrogen (secondary N) is 1. The molecule has 1 rings (SSSR count). The van der Waals surface area contributed by atoms with Crippen molar-refractivity contribution >= 4 is 11.4 Å². The minimum Gasteiger partial charge on any atom is -0.258 e. The Morgan fingerprint density at radius 3 is 1.71 bits per heavy atom. The molecule has 0 aliphatic heterocycles. The summed E-state index contributed by atoms with van der Waals surface area (Å²) < 4.78 is 0. The van der Waals surface area contributed by atoms with Crippen molar-refractivity contribution < 1.29 is 0 Å². The quantitative estimate of drug-likeness (QED) is 0.518. The molecule has 6 heteroatoms. The van der Waals surface area contributed by atoms with Crippen LogP contribution in [-0.4, -0.2) is 5.87 Å². The smallest absolute Gasteiger partial charge is 0.148 e. The van der Waals surface area contributed by atoms with Gasteiger partial charge in [-0.25, -0.2) is 0 Å². The molecule has 0 amide bonds. The second-order valence-corrected chi connectivity index (χ2v) is 4.43. The van der Waals surface area contributed by atoms with Crippen molar-refractivity contribution in [3.8, 4) is 30.3 Å². The van der Waals surface area contributed by atoms with Gasteiger partial charge in [0.15, 0.2) is 0 Å². The normalized spacial score (nSPS) is 9.50. The van der Waals surface area contributed by atoms with E-state index in [1.807, 2.05) is 12.8 Å². The van der Waals surface area contributed by atoms with Crippen LogP contribution in [0.2, 0.25) is 0 Å². The minimum atomic E-state index is -0.483. The number of aryl methyl sites for hydroxylation is 1. The summed E-state index contributed by atoms with van der Waals surface area (Å²) in [7, 11) is 0. The molecule has 110 valence electrons. The number of nitrogens with zero attached hydrogens (tertiary/aromatic N) is 5. The van der Waals surface area contributed by atoms with Gasteiger partial charge in [0.25, 0.3) is 0 Å². The lowest BCUT2D eigenvalue weighted by Crippen LogP contribution is -1.99. The Bertz CT molecular complexity index is 980. The summed E-state index contributed by atoms with van der Waals surface area (Å²) in [5, 5.41) is 53.2. The van der Waals surface area contributed by atoms with E-state index in [-0.39, 0.29) is 16.7 Å². The van der Waals surface area contributed by atoms with Gasteiger partial charge in [0, 0.05) is 5.57 Å². The number of nitriles is 5. The lowest BCUT2D eigenvalue weighted by atomic mass is 9.88. The largest absolute Gasteiger partial charge is 0.258 e. The number of benzene rings is 1. The van der Waals surface area contributed by atoms with Gasteiger partial charge in [-0.2, -0.15) is 26.3 Å². The van der Waals surface area contributed by atoms with Gasteiger partial charge < -0.3 is 0 Å². The van der Waals surface area contributed by atoms with Crippen LogP contribution >= 0.6 is 0 Å². The Hall–Kier alpha value is -4.40. The van der Waals surface area contributed by atoms with Crippen LogP contribution in [0, 0.1) is 69.0 Å². The number of hydrogen-bond acceptors (Lipinski definition) is 6. The zero-order valence-electron chi connectivity index (χ0n) is 12.5. The van der Waals surface area contributed by atoms with Crippen molar-refractivity contribution in [1.82, 2.24) is 0 Å². The fourth-order valence-corrected chi connectivity index (χ4v) is 1.89. The molecule has 0 aliphatic carbocycles. The van der Waals surface area contributed by atoms with Gasteiger partial charge in [-0.1, -0.05) is 29.8 Å². The van der Waals surface area contributed by atoms with Gasteiger partial charge in [-0.15, -0.1) is 0 Å². The Morgan fingerprint density at radius 1 is 0.792 bits per heavy atom. The van der Waals surface area contributed by atoms with Crippen LogP contribution in [0.4, 0.5) is 0 Å². The summed E-state index contributed by atoms with van der Waals surface area (Å²) in [6.45, 7) is 1.84. The first-order valence-electron chi connectivity index (χ1n) is 6.44. The molecule has 0 spiro atoms. The van der Waals surface area contributed by atoms with E-state index in [4.69, 9.17) is 21.2 Å². The van der Waals surface area contributed by atoms with Crippen molar-refractivity contribution in [2.75, 3.05) is 0 Å². The first-order chi connectivity index (χ1) is 11.6. The Kier molecular flexibility index (Phi) is 5.99. The molecule has 0 unspecified atom stereocenters. The molecule has 0 aliphatic rings. The summed E-state index contributed by atoms with van der Waals surface area (Å²) >= 11 is 0. The summed E-state index contributed by atoms with van der Waals surface area (Å²) in [4.78, 5) is 0. The maximum atomic E-state index is 9.42. The molecule has 0 radical (unpaired) electrons. The topological polar surface area (TPSA) is 143 Å². The second-order valence-electron chi connectivity index (χ2n) is 4.43. The minimum absolute atomic E-state index is 0.0469. The van der Waals surface area contributed by atoms with E-state index in [9.17, 15) is 10.5 Å². The summed E-state index contributed by atoms with van der Waals surface area (Å²) in [6, 6.07) is 15.0. The van der Waals surface area contributed by atoms with Crippen LogP contribution in [-0.2, 0) is 0 Å². The fraction of sp³-hybridized carbons (Fsp3) is 0.0556. The Morgan fingerprint density at radius 2 is 1.33 bits per heavy atom. The van der Waals surface area contributed by atoms with Gasteiger partial charge >= 0.3 is 0 Å². The molecular formula is C18H8N6. The summed E-state index contributed by atoms with van der Waals surface area (Å²) in [6.07, 6.45) is 0. The first-order valence-corrected chi connectivity index (χ1v) is 6.44. The van der Waals surface area contributed by atoms with Crippen molar-refractivity contribution in [3.63, 3.8) is 0 Å². The number of allylic oxidation sites excluding steroid dienone is 5. The van der Waals surface area contributed by atoms with Gasteiger partial charge in [0.05, 0.1) is 11.1 Å². The van der Waals surface area contributed by atoms with Crippen molar-refractivity contribution in [3.05, 3.63) is 57.7 Å². The molecule has 1 aromatic carbocycles. The molecule has 0 saturated carbocycles. The second kappa shape index (κ2) is 8.14. The molecule has 1 aromatic rings. The lowest BCUT2D eigenvalue weighted by molar-refractivity contribution is 1.39. The van der Waals surface area contributed by atoms with Crippen molar-refractivity contribution in [2.24, 2.45) is 0 Å². The zero-order valence-corrected chi connectivity index (χ0v) is 12.5. The third kappa shape index (κ3) is 3.43. The highest BCUT2D eigenvalue weighted by Crippen LogP contribution is 2.31. The Balaban J connectivity index is 4.08. The molecule has 6 nitrogen and oxygen atoms in total. The van der Waals surface area contributed by atoms with Crippen LogP contribution in [0.1, 0.15) is 11.1 Å². The molecule has 0 heterocycles. The third-order valence-electron chi connectivity index (χ3n) is 3.02. The van der Waals surface area contributed by atoms with Crippen LogP contribution in [0.15, 0.2) is 46.6 Å². The number of hydrogen-bond donors (Lipinski definition) is 1. The van der Waals surface area contributed by atoms with E-state index in [2.05, 4.69) is 0 Å².